The maximum atomic E-state index is 10.1. The SMILES string of the molecule is CC12CCC(/C(=N/O)C1O)C2(C)CI. The van der Waals surface area contributed by atoms with Crippen LogP contribution in [0, 0.1) is 16.7 Å². The molecule has 0 aromatic rings. The monoisotopic (exact) mass is 309 g/mol. The molecule has 14 heavy (non-hydrogen) atoms. The third-order valence-corrected chi connectivity index (χ3v) is 6.24. The molecule has 0 saturated heterocycles. The van der Waals surface area contributed by atoms with Gasteiger partial charge in [0.1, 0.15) is 6.10 Å². The summed E-state index contributed by atoms with van der Waals surface area (Å²) in [5, 5.41) is 22.3. The lowest BCUT2D eigenvalue weighted by atomic mass is 9.70. The fourth-order valence-electron chi connectivity index (χ4n) is 3.26. The molecule has 2 bridgehead atoms. The summed E-state index contributed by atoms with van der Waals surface area (Å²) in [5.41, 5.74) is 0.604. The molecular weight excluding hydrogens is 293 g/mol. The Bertz CT molecular complexity index is 292. The number of aliphatic hydroxyl groups is 1. The van der Waals surface area contributed by atoms with Crippen LogP contribution in [0.2, 0.25) is 0 Å². The fourth-order valence-corrected chi connectivity index (χ4v) is 4.66. The van der Waals surface area contributed by atoms with Gasteiger partial charge in [0.25, 0.3) is 0 Å². The summed E-state index contributed by atoms with van der Waals surface area (Å²) < 4.78 is 1.00. The summed E-state index contributed by atoms with van der Waals surface area (Å²) in [6, 6.07) is 0. The zero-order chi connectivity index (χ0) is 10.6. The van der Waals surface area contributed by atoms with Crippen LogP contribution < -0.4 is 0 Å². The average Bonchev–Trinajstić information content (AvgIpc) is 2.52. The molecule has 0 amide bonds. The molecule has 2 saturated carbocycles. The summed E-state index contributed by atoms with van der Waals surface area (Å²) in [4.78, 5) is 0. The van der Waals surface area contributed by atoms with Crippen LogP contribution in [0.3, 0.4) is 0 Å². The number of hydrogen-bond donors (Lipinski definition) is 2. The van der Waals surface area contributed by atoms with E-state index in [2.05, 4.69) is 41.6 Å². The van der Waals surface area contributed by atoms with Crippen LogP contribution in [0.25, 0.3) is 0 Å². The van der Waals surface area contributed by atoms with E-state index in [0.29, 0.717) is 5.71 Å². The van der Waals surface area contributed by atoms with E-state index in [4.69, 9.17) is 5.21 Å². The molecule has 2 fully saturated rings. The maximum Gasteiger partial charge on any atom is 0.102 e. The van der Waals surface area contributed by atoms with Crippen LogP contribution >= 0.6 is 22.6 Å². The highest BCUT2D eigenvalue weighted by atomic mass is 127. The van der Waals surface area contributed by atoms with Crippen molar-refractivity contribution in [3.63, 3.8) is 0 Å². The van der Waals surface area contributed by atoms with Crippen molar-refractivity contribution >= 4 is 28.3 Å². The van der Waals surface area contributed by atoms with Crippen molar-refractivity contribution in [3.05, 3.63) is 0 Å². The molecule has 2 rings (SSSR count). The third kappa shape index (κ3) is 0.939. The van der Waals surface area contributed by atoms with E-state index >= 15 is 0 Å². The summed E-state index contributed by atoms with van der Waals surface area (Å²) in [7, 11) is 0. The number of alkyl halides is 1. The normalized spacial score (nSPS) is 54.4. The van der Waals surface area contributed by atoms with E-state index in [1.807, 2.05) is 0 Å². The first-order valence-corrected chi connectivity index (χ1v) is 6.49. The smallest absolute Gasteiger partial charge is 0.102 e. The van der Waals surface area contributed by atoms with E-state index in [0.717, 1.165) is 17.3 Å². The minimum absolute atomic E-state index is 0.0918. The summed E-state index contributed by atoms with van der Waals surface area (Å²) in [6.45, 7) is 4.33. The Morgan fingerprint density at radius 1 is 1.57 bits per heavy atom. The average molecular weight is 309 g/mol. The van der Waals surface area contributed by atoms with Crippen LogP contribution in [-0.4, -0.2) is 26.6 Å². The number of halogens is 1. The number of rotatable bonds is 1. The van der Waals surface area contributed by atoms with Gasteiger partial charge in [-0.3, -0.25) is 0 Å². The first kappa shape index (κ1) is 10.7. The summed E-state index contributed by atoms with van der Waals surface area (Å²) in [5.74, 6) is 0.268. The molecule has 2 N–H and O–H groups in total. The van der Waals surface area contributed by atoms with Gasteiger partial charge in [0.05, 0.1) is 5.71 Å². The van der Waals surface area contributed by atoms with Crippen molar-refractivity contribution in [2.75, 3.05) is 4.43 Å². The van der Waals surface area contributed by atoms with Gasteiger partial charge in [-0.25, -0.2) is 0 Å². The number of aliphatic hydroxyl groups excluding tert-OH is 1. The number of oxime groups is 1. The van der Waals surface area contributed by atoms with E-state index in [1.165, 1.54) is 0 Å². The topological polar surface area (TPSA) is 52.8 Å². The van der Waals surface area contributed by atoms with Crippen molar-refractivity contribution in [1.82, 2.24) is 0 Å². The van der Waals surface area contributed by atoms with Crippen LogP contribution in [0.4, 0.5) is 0 Å². The summed E-state index contributed by atoms with van der Waals surface area (Å²) in [6.07, 6.45) is 1.54. The van der Waals surface area contributed by atoms with Crippen LogP contribution in [-0.2, 0) is 0 Å². The minimum Gasteiger partial charge on any atom is -0.411 e. The maximum absolute atomic E-state index is 10.1. The lowest BCUT2D eigenvalue weighted by Crippen LogP contribution is -2.39. The fraction of sp³-hybridized carbons (Fsp3) is 0.900. The quantitative estimate of drug-likeness (QED) is 0.337. The molecule has 0 aromatic carbocycles. The Labute approximate surface area is 97.7 Å². The van der Waals surface area contributed by atoms with E-state index < -0.39 is 6.10 Å². The van der Waals surface area contributed by atoms with Gasteiger partial charge in [-0.15, -0.1) is 0 Å². The minimum atomic E-state index is -0.550. The largest absolute Gasteiger partial charge is 0.411 e. The standard InChI is InChI=1S/C10H16INO2/c1-9-4-3-6(10(9,2)5-11)7(12-14)8(9)13/h6,8,13-14H,3-5H2,1-2H3/b12-7-. The molecule has 2 aliphatic carbocycles. The molecule has 4 heteroatoms. The molecule has 0 aliphatic heterocycles. The van der Waals surface area contributed by atoms with Crippen LogP contribution in [0.15, 0.2) is 5.16 Å². The molecule has 4 atom stereocenters. The second-order valence-electron chi connectivity index (χ2n) is 4.99. The predicted molar refractivity (Wildman–Crippen MR) is 63.1 cm³/mol. The molecule has 3 nitrogen and oxygen atoms in total. The van der Waals surface area contributed by atoms with Crippen molar-refractivity contribution < 1.29 is 10.3 Å². The van der Waals surface area contributed by atoms with Gasteiger partial charge in [-0.1, -0.05) is 41.6 Å². The molecule has 80 valence electrons. The van der Waals surface area contributed by atoms with E-state index in [9.17, 15) is 5.11 Å². The van der Waals surface area contributed by atoms with Gasteiger partial charge in [-0.2, -0.15) is 0 Å². The van der Waals surface area contributed by atoms with Gasteiger partial charge in [0.2, 0.25) is 0 Å². The van der Waals surface area contributed by atoms with Gasteiger partial charge >= 0.3 is 0 Å². The van der Waals surface area contributed by atoms with Gasteiger partial charge < -0.3 is 10.3 Å². The molecular formula is C10H16INO2. The Balaban J connectivity index is 2.50. The molecule has 4 unspecified atom stereocenters. The van der Waals surface area contributed by atoms with Gasteiger partial charge in [0.15, 0.2) is 0 Å². The highest BCUT2D eigenvalue weighted by Crippen LogP contribution is 2.64. The summed E-state index contributed by atoms with van der Waals surface area (Å²) >= 11 is 2.38. The molecule has 0 aromatic heterocycles. The number of hydrogen-bond acceptors (Lipinski definition) is 3. The Morgan fingerprint density at radius 2 is 2.21 bits per heavy atom. The molecule has 0 heterocycles. The lowest BCUT2D eigenvalue weighted by molar-refractivity contribution is 0.0374. The third-order valence-electron chi connectivity index (χ3n) is 4.66. The van der Waals surface area contributed by atoms with Gasteiger partial charge in [0, 0.05) is 15.8 Å². The van der Waals surface area contributed by atoms with Crippen molar-refractivity contribution in [2.24, 2.45) is 21.9 Å². The number of fused-ring (bicyclic) bond motifs is 2. The Kier molecular flexibility index (Phi) is 2.34. The molecule has 2 aliphatic rings. The number of nitrogens with zero attached hydrogens (tertiary/aromatic N) is 1. The van der Waals surface area contributed by atoms with Crippen molar-refractivity contribution in [2.45, 2.75) is 32.8 Å². The second-order valence-corrected chi connectivity index (χ2v) is 5.75. The molecule has 0 spiro atoms. The van der Waals surface area contributed by atoms with E-state index in [1.54, 1.807) is 0 Å². The van der Waals surface area contributed by atoms with Crippen LogP contribution in [0.5, 0.6) is 0 Å². The van der Waals surface area contributed by atoms with Crippen LogP contribution in [0.1, 0.15) is 26.7 Å². The van der Waals surface area contributed by atoms with Crippen molar-refractivity contribution in [3.8, 4) is 0 Å². The predicted octanol–water partition coefficient (Wildman–Crippen LogP) is 2.05. The Morgan fingerprint density at radius 3 is 2.57 bits per heavy atom. The Hall–Kier alpha value is 0.160. The van der Waals surface area contributed by atoms with Crippen molar-refractivity contribution in [1.29, 1.82) is 0 Å². The van der Waals surface area contributed by atoms with Gasteiger partial charge in [-0.05, 0) is 18.3 Å². The highest BCUT2D eigenvalue weighted by molar-refractivity contribution is 14.1. The molecule has 0 radical (unpaired) electrons. The zero-order valence-electron chi connectivity index (χ0n) is 8.50. The first-order chi connectivity index (χ1) is 6.51. The van der Waals surface area contributed by atoms with E-state index in [-0.39, 0.29) is 16.7 Å². The highest BCUT2D eigenvalue weighted by Gasteiger charge is 2.66. The lowest BCUT2D eigenvalue weighted by Gasteiger charge is -2.37. The first-order valence-electron chi connectivity index (χ1n) is 4.97. The zero-order valence-corrected chi connectivity index (χ0v) is 10.7. The second kappa shape index (κ2) is 3.07.